The number of amides is 1. The van der Waals surface area contributed by atoms with Crippen LogP contribution in [0.4, 0.5) is 0 Å². The summed E-state index contributed by atoms with van der Waals surface area (Å²) in [5.74, 6) is -0.231. The van der Waals surface area contributed by atoms with Gasteiger partial charge in [0.15, 0.2) is 0 Å². The molecule has 3 aromatic rings. The van der Waals surface area contributed by atoms with Crippen LogP contribution in [0.1, 0.15) is 16.1 Å². The Kier molecular flexibility index (Phi) is 3.98. The fourth-order valence-electron chi connectivity index (χ4n) is 1.80. The zero-order valence-corrected chi connectivity index (χ0v) is 12.4. The molecule has 0 spiro atoms. The number of nitrogens with one attached hydrogen (secondary N) is 1. The van der Waals surface area contributed by atoms with Crippen molar-refractivity contribution in [2.45, 2.75) is 6.54 Å². The van der Waals surface area contributed by atoms with Crippen molar-refractivity contribution in [2.75, 3.05) is 0 Å². The first-order valence-corrected chi connectivity index (χ1v) is 7.52. The predicted octanol–water partition coefficient (Wildman–Crippen LogP) is 2.91. The molecule has 3 rings (SSSR count). The molecule has 1 N–H and O–H groups in total. The SMILES string of the molecule is O=C(NCc1cn(-c2ccsc2)nn1)c1ccccc1Cl. The molecule has 7 heteroatoms. The van der Waals surface area contributed by atoms with Crippen molar-refractivity contribution < 1.29 is 4.79 Å². The third-order valence-electron chi connectivity index (χ3n) is 2.86. The van der Waals surface area contributed by atoms with Crippen LogP contribution in [0.2, 0.25) is 5.02 Å². The van der Waals surface area contributed by atoms with Crippen LogP contribution in [0, 0.1) is 0 Å². The second-order valence-corrected chi connectivity index (χ2v) is 5.49. The van der Waals surface area contributed by atoms with Gasteiger partial charge in [0.1, 0.15) is 5.69 Å². The number of aromatic nitrogens is 3. The molecule has 106 valence electrons. The summed E-state index contributed by atoms with van der Waals surface area (Å²) in [7, 11) is 0. The smallest absolute Gasteiger partial charge is 0.253 e. The van der Waals surface area contributed by atoms with Crippen LogP contribution in [0.15, 0.2) is 47.3 Å². The number of hydrogen-bond acceptors (Lipinski definition) is 4. The molecule has 1 aromatic carbocycles. The molecule has 5 nitrogen and oxygen atoms in total. The van der Waals surface area contributed by atoms with E-state index in [4.69, 9.17) is 11.6 Å². The molecule has 0 saturated carbocycles. The number of thiophene rings is 1. The second kappa shape index (κ2) is 6.07. The molecule has 0 bridgehead atoms. The van der Waals surface area contributed by atoms with Gasteiger partial charge < -0.3 is 5.32 Å². The third-order valence-corrected chi connectivity index (χ3v) is 3.86. The van der Waals surface area contributed by atoms with Crippen LogP contribution in [0.25, 0.3) is 5.69 Å². The average Bonchev–Trinajstić information content (AvgIpc) is 3.16. The van der Waals surface area contributed by atoms with Gasteiger partial charge in [-0.1, -0.05) is 28.9 Å². The van der Waals surface area contributed by atoms with Gasteiger partial charge in [-0.2, -0.15) is 11.3 Å². The van der Waals surface area contributed by atoms with E-state index in [1.165, 1.54) is 0 Å². The highest BCUT2D eigenvalue weighted by molar-refractivity contribution is 7.08. The van der Waals surface area contributed by atoms with Crippen LogP contribution < -0.4 is 5.32 Å². The van der Waals surface area contributed by atoms with E-state index in [1.54, 1.807) is 46.5 Å². The zero-order chi connectivity index (χ0) is 14.7. The summed E-state index contributed by atoms with van der Waals surface area (Å²) in [6.07, 6.45) is 1.79. The van der Waals surface area contributed by atoms with Crippen molar-refractivity contribution in [3.63, 3.8) is 0 Å². The Balaban J connectivity index is 1.66. The topological polar surface area (TPSA) is 59.8 Å². The average molecular weight is 319 g/mol. The molecule has 1 amide bonds. The van der Waals surface area contributed by atoms with Gasteiger partial charge in [0.25, 0.3) is 5.91 Å². The minimum atomic E-state index is -0.231. The van der Waals surface area contributed by atoms with Gasteiger partial charge in [0.2, 0.25) is 0 Å². The lowest BCUT2D eigenvalue weighted by molar-refractivity contribution is 0.0950. The van der Waals surface area contributed by atoms with E-state index in [0.717, 1.165) is 5.69 Å². The number of halogens is 1. The van der Waals surface area contributed by atoms with Crippen molar-refractivity contribution in [2.24, 2.45) is 0 Å². The number of carbonyl (C=O) groups excluding carboxylic acids is 1. The number of rotatable bonds is 4. The van der Waals surface area contributed by atoms with Crippen LogP contribution >= 0.6 is 22.9 Å². The maximum atomic E-state index is 12.0. The van der Waals surface area contributed by atoms with E-state index in [9.17, 15) is 4.79 Å². The first-order valence-electron chi connectivity index (χ1n) is 6.20. The second-order valence-electron chi connectivity index (χ2n) is 4.30. The molecule has 2 heterocycles. The van der Waals surface area contributed by atoms with Gasteiger partial charge in [0.05, 0.1) is 29.0 Å². The van der Waals surface area contributed by atoms with Gasteiger partial charge in [-0.3, -0.25) is 4.79 Å². The maximum absolute atomic E-state index is 12.0. The lowest BCUT2D eigenvalue weighted by Gasteiger charge is -2.04. The van der Waals surface area contributed by atoms with Crippen LogP contribution in [-0.4, -0.2) is 20.9 Å². The van der Waals surface area contributed by atoms with Crippen LogP contribution in [0.5, 0.6) is 0 Å². The van der Waals surface area contributed by atoms with Crippen molar-refractivity contribution >= 4 is 28.8 Å². The van der Waals surface area contributed by atoms with Crippen molar-refractivity contribution in [3.05, 3.63) is 63.6 Å². The highest BCUT2D eigenvalue weighted by Gasteiger charge is 2.10. The maximum Gasteiger partial charge on any atom is 0.253 e. The molecule has 0 aliphatic heterocycles. The molecular formula is C14H11ClN4OS. The summed E-state index contributed by atoms with van der Waals surface area (Å²) in [6.45, 7) is 0.300. The summed E-state index contributed by atoms with van der Waals surface area (Å²) in [6, 6.07) is 8.87. The van der Waals surface area contributed by atoms with Gasteiger partial charge in [-0.05, 0) is 23.6 Å². The summed E-state index contributed by atoms with van der Waals surface area (Å²) >= 11 is 7.57. The number of carbonyl (C=O) groups is 1. The zero-order valence-electron chi connectivity index (χ0n) is 10.9. The standard InChI is InChI=1S/C14H11ClN4OS/c15-13-4-2-1-3-12(13)14(20)16-7-10-8-19(18-17-10)11-5-6-21-9-11/h1-6,8-9H,7H2,(H,16,20). The van der Waals surface area contributed by atoms with E-state index >= 15 is 0 Å². The van der Waals surface area contributed by atoms with Gasteiger partial charge in [-0.25, -0.2) is 4.68 Å². The molecule has 0 aliphatic rings. The lowest BCUT2D eigenvalue weighted by Crippen LogP contribution is -2.23. The van der Waals surface area contributed by atoms with E-state index in [2.05, 4.69) is 15.6 Å². The number of benzene rings is 1. The first kappa shape index (κ1) is 13.8. The van der Waals surface area contributed by atoms with Gasteiger partial charge >= 0.3 is 0 Å². The Morgan fingerprint density at radius 2 is 2.19 bits per heavy atom. The van der Waals surface area contributed by atoms with E-state index in [-0.39, 0.29) is 5.91 Å². The molecule has 0 radical (unpaired) electrons. The van der Waals surface area contributed by atoms with E-state index in [0.29, 0.717) is 22.8 Å². The van der Waals surface area contributed by atoms with E-state index < -0.39 is 0 Å². The Morgan fingerprint density at radius 1 is 1.33 bits per heavy atom. The third kappa shape index (κ3) is 3.12. The summed E-state index contributed by atoms with van der Waals surface area (Å²) < 4.78 is 1.67. The van der Waals surface area contributed by atoms with Crippen molar-refractivity contribution in [3.8, 4) is 5.69 Å². The molecular weight excluding hydrogens is 308 g/mol. The fourth-order valence-corrected chi connectivity index (χ4v) is 2.65. The van der Waals surface area contributed by atoms with Gasteiger partial charge in [0, 0.05) is 5.38 Å². The molecule has 0 unspecified atom stereocenters. The highest BCUT2D eigenvalue weighted by Crippen LogP contribution is 2.15. The predicted molar refractivity (Wildman–Crippen MR) is 81.9 cm³/mol. The molecule has 0 saturated heterocycles. The Morgan fingerprint density at radius 3 is 2.95 bits per heavy atom. The monoisotopic (exact) mass is 318 g/mol. The lowest BCUT2D eigenvalue weighted by atomic mass is 10.2. The Labute approximate surface area is 130 Å². The quantitative estimate of drug-likeness (QED) is 0.804. The summed E-state index contributed by atoms with van der Waals surface area (Å²) in [5.41, 5.74) is 2.09. The number of nitrogens with zero attached hydrogens (tertiary/aromatic N) is 3. The van der Waals surface area contributed by atoms with E-state index in [1.807, 2.05) is 16.8 Å². The molecule has 0 aliphatic carbocycles. The van der Waals surface area contributed by atoms with Crippen molar-refractivity contribution in [1.29, 1.82) is 0 Å². The molecule has 0 atom stereocenters. The summed E-state index contributed by atoms with van der Waals surface area (Å²) in [4.78, 5) is 12.0. The minimum absolute atomic E-state index is 0.231. The summed E-state index contributed by atoms with van der Waals surface area (Å²) in [5, 5.41) is 15.2. The molecule has 21 heavy (non-hydrogen) atoms. The largest absolute Gasteiger partial charge is 0.346 e. The van der Waals surface area contributed by atoms with Gasteiger partial charge in [-0.15, -0.1) is 5.10 Å². The highest BCUT2D eigenvalue weighted by atomic mass is 35.5. The normalized spacial score (nSPS) is 10.5. The van der Waals surface area contributed by atoms with Crippen LogP contribution in [0.3, 0.4) is 0 Å². The van der Waals surface area contributed by atoms with Crippen LogP contribution in [-0.2, 0) is 6.54 Å². The molecule has 2 aromatic heterocycles. The van der Waals surface area contributed by atoms with Crippen molar-refractivity contribution in [1.82, 2.24) is 20.3 Å². The fraction of sp³-hybridized carbons (Fsp3) is 0.0714. The Hall–Kier alpha value is -2.18. The first-order chi connectivity index (χ1) is 10.2. The molecule has 0 fully saturated rings. The minimum Gasteiger partial charge on any atom is -0.346 e. The Bertz CT molecular complexity index is 754. The number of hydrogen-bond donors (Lipinski definition) is 1.